The van der Waals surface area contributed by atoms with E-state index in [1.54, 1.807) is 44.8 Å². The maximum Gasteiger partial charge on any atom is 0.166 e. The highest BCUT2D eigenvalue weighted by Gasteiger charge is 2.13. The quantitative estimate of drug-likeness (QED) is 0.254. The van der Waals surface area contributed by atoms with Gasteiger partial charge in [-0.05, 0) is 54.6 Å². The number of pyridine rings is 2. The van der Waals surface area contributed by atoms with Gasteiger partial charge in [0.05, 0.1) is 36.8 Å². The molecule has 1 N–H and O–H groups in total. The number of halogens is 1. The van der Waals surface area contributed by atoms with Gasteiger partial charge in [-0.15, -0.1) is 0 Å². The third kappa shape index (κ3) is 4.96. The minimum absolute atomic E-state index is 0.109. The summed E-state index contributed by atoms with van der Waals surface area (Å²) in [5.41, 5.74) is 4.64. The molecule has 6 nitrogen and oxygen atoms in total. The first-order chi connectivity index (χ1) is 17.6. The van der Waals surface area contributed by atoms with Crippen molar-refractivity contribution in [2.24, 2.45) is 0 Å². The summed E-state index contributed by atoms with van der Waals surface area (Å²) in [4.78, 5) is 8.88. The molecule has 5 aromatic rings. The summed E-state index contributed by atoms with van der Waals surface area (Å²) >= 11 is 0. The number of fused-ring (bicyclic) bond motifs is 1. The Bertz CT molecular complexity index is 1490. The number of nitrogens with zero attached hydrogens (tertiary/aromatic N) is 2. The fourth-order valence-corrected chi connectivity index (χ4v) is 3.93. The smallest absolute Gasteiger partial charge is 0.166 e. The van der Waals surface area contributed by atoms with Gasteiger partial charge in [-0.1, -0.05) is 18.2 Å². The van der Waals surface area contributed by atoms with Crippen molar-refractivity contribution < 1.29 is 18.6 Å². The first-order valence-corrected chi connectivity index (χ1v) is 11.3. The highest BCUT2D eigenvalue weighted by molar-refractivity contribution is 5.87. The van der Waals surface area contributed by atoms with Crippen LogP contribution in [0.25, 0.3) is 22.2 Å². The molecule has 0 bridgehead atoms. The van der Waals surface area contributed by atoms with Crippen molar-refractivity contribution in [3.63, 3.8) is 0 Å². The van der Waals surface area contributed by atoms with Gasteiger partial charge in [-0.2, -0.15) is 0 Å². The lowest BCUT2D eigenvalue weighted by Gasteiger charge is -2.13. The predicted octanol–water partition coefficient (Wildman–Crippen LogP) is 7.13. The second-order valence-electron chi connectivity index (χ2n) is 8.09. The van der Waals surface area contributed by atoms with Gasteiger partial charge in [0.2, 0.25) is 0 Å². The molecule has 7 heteroatoms. The van der Waals surface area contributed by atoms with Crippen LogP contribution in [0.5, 0.6) is 17.2 Å². The average molecular weight is 482 g/mol. The first kappa shape index (κ1) is 23.3. The maximum absolute atomic E-state index is 15.1. The topological polar surface area (TPSA) is 65.5 Å². The molecule has 0 radical (unpaired) electrons. The fourth-order valence-electron chi connectivity index (χ4n) is 3.93. The van der Waals surface area contributed by atoms with Crippen LogP contribution in [-0.4, -0.2) is 24.2 Å². The summed E-state index contributed by atoms with van der Waals surface area (Å²) in [6.45, 7) is 0.364. The minimum atomic E-state index is -0.489. The Morgan fingerprint density at radius 1 is 0.806 bits per heavy atom. The van der Waals surface area contributed by atoms with Crippen LogP contribution < -0.4 is 14.8 Å². The van der Waals surface area contributed by atoms with Gasteiger partial charge < -0.3 is 19.5 Å². The number of hydrogen-bond donors (Lipinski definition) is 1. The molecule has 0 unspecified atom stereocenters. The summed E-state index contributed by atoms with van der Waals surface area (Å²) in [7, 11) is 3.21. The summed E-state index contributed by atoms with van der Waals surface area (Å²) in [5.74, 6) is 0.775. The fraction of sp³-hybridized carbons (Fsp3) is 0.103. The molecule has 3 aromatic carbocycles. The van der Waals surface area contributed by atoms with Crippen LogP contribution in [0, 0.1) is 5.82 Å². The molecule has 0 fully saturated rings. The molecule has 0 atom stereocenters. The van der Waals surface area contributed by atoms with Crippen molar-refractivity contribution in [1.82, 2.24) is 9.97 Å². The molecule has 0 aliphatic heterocycles. The van der Waals surface area contributed by atoms with E-state index < -0.39 is 5.82 Å². The van der Waals surface area contributed by atoms with Gasteiger partial charge in [0.25, 0.3) is 0 Å². The summed E-state index contributed by atoms with van der Waals surface area (Å²) in [5, 5.41) is 4.02. The maximum atomic E-state index is 15.1. The van der Waals surface area contributed by atoms with Gasteiger partial charge in [0.1, 0.15) is 11.5 Å². The average Bonchev–Trinajstić information content (AvgIpc) is 2.91. The summed E-state index contributed by atoms with van der Waals surface area (Å²) < 4.78 is 31.8. The van der Waals surface area contributed by atoms with Crippen LogP contribution in [0.3, 0.4) is 0 Å². The number of ether oxygens (including phenoxy) is 3. The van der Waals surface area contributed by atoms with Crippen molar-refractivity contribution >= 4 is 22.3 Å². The lowest BCUT2D eigenvalue weighted by Crippen LogP contribution is -1.97. The van der Waals surface area contributed by atoms with Crippen molar-refractivity contribution in [3.8, 4) is 28.5 Å². The third-order valence-electron chi connectivity index (χ3n) is 5.68. The molecule has 36 heavy (non-hydrogen) atoms. The van der Waals surface area contributed by atoms with Crippen LogP contribution in [0.1, 0.15) is 5.56 Å². The van der Waals surface area contributed by atoms with E-state index in [1.807, 2.05) is 54.6 Å². The largest absolute Gasteiger partial charge is 0.496 e. The molecule has 2 aromatic heterocycles. The van der Waals surface area contributed by atoms with Gasteiger partial charge >= 0.3 is 0 Å². The lowest BCUT2D eigenvalue weighted by atomic mass is 10.1. The van der Waals surface area contributed by atoms with Crippen LogP contribution in [0.2, 0.25) is 0 Å². The Morgan fingerprint density at radius 2 is 1.67 bits per heavy atom. The molecule has 0 saturated heterocycles. The Balaban J connectivity index is 1.38. The number of para-hydroxylation sites is 1. The van der Waals surface area contributed by atoms with E-state index in [1.165, 1.54) is 6.07 Å². The Labute approximate surface area is 208 Å². The molecule has 2 heterocycles. The molecule has 0 spiro atoms. The molecule has 0 aliphatic carbocycles. The summed E-state index contributed by atoms with van der Waals surface area (Å²) in [6.07, 6.45) is 3.34. The van der Waals surface area contributed by atoms with E-state index in [2.05, 4.69) is 15.3 Å². The Morgan fingerprint density at radius 3 is 2.39 bits per heavy atom. The van der Waals surface area contributed by atoms with E-state index in [0.29, 0.717) is 34.9 Å². The number of nitrogens with one attached hydrogen (secondary N) is 1. The Hall–Kier alpha value is -4.49. The van der Waals surface area contributed by atoms with E-state index in [-0.39, 0.29) is 5.75 Å². The van der Waals surface area contributed by atoms with Crippen LogP contribution in [0.4, 0.5) is 15.8 Å². The minimum Gasteiger partial charge on any atom is -0.496 e. The number of rotatable bonds is 8. The number of methoxy groups -OCH3 is 2. The number of aromatic nitrogens is 2. The zero-order chi connectivity index (χ0) is 24.9. The van der Waals surface area contributed by atoms with Crippen molar-refractivity contribution in [2.75, 3.05) is 19.5 Å². The van der Waals surface area contributed by atoms with Gasteiger partial charge in [-0.3, -0.25) is 9.97 Å². The second-order valence-corrected chi connectivity index (χ2v) is 8.09. The molecular weight excluding hydrogens is 457 g/mol. The zero-order valence-electron chi connectivity index (χ0n) is 19.9. The Kier molecular flexibility index (Phi) is 6.73. The van der Waals surface area contributed by atoms with Crippen molar-refractivity contribution in [2.45, 2.75) is 6.61 Å². The normalized spacial score (nSPS) is 10.9. The molecule has 0 saturated carbocycles. The first-order valence-electron chi connectivity index (χ1n) is 11.3. The van der Waals surface area contributed by atoms with Gasteiger partial charge in [0.15, 0.2) is 11.6 Å². The molecule has 0 amide bonds. The van der Waals surface area contributed by atoms with E-state index >= 15 is 4.39 Å². The SMILES string of the molecule is COCc1cc2c(Oc3ccc(-c4ccc(Nc5ccccc5)cn4)cc3F)ccnc2cc1OC. The number of anilines is 2. The van der Waals surface area contributed by atoms with E-state index in [0.717, 1.165) is 22.3 Å². The summed E-state index contributed by atoms with van der Waals surface area (Å²) in [6, 6.07) is 23.8. The zero-order valence-corrected chi connectivity index (χ0v) is 19.9. The molecular formula is C29H24FN3O3. The molecule has 180 valence electrons. The van der Waals surface area contributed by atoms with Crippen molar-refractivity contribution in [1.29, 1.82) is 0 Å². The predicted molar refractivity (Wildman–Crippen MR) is 138 cm³/mol. The van der Waals surface area contributed by atoms with Gasteiger partial charge in [-0.25, -0.2) is 4.39 Å². The van der Waals surface area contributed by atoms with Gasteiger partial charge in [0, 0.05) is 41.6 Å². The standard InChI is InChI=1S/C29H24FN3O3/c1-34-18-20-14-23-26(16-29(20)35-2)31-13-12-27(23)36-28-11-8-19(15-24(28)30)25-10-9-22(17-32-25)33-21-6-4-3-5-7-21/h3-17,33H,18H2,1-2H3. The highest BCUT2D eigenvalue weighted by Crippen LogP contribution is 2.35. The molecule has 0 aliphatic rings. The number of hydrogen-bond acceptors (Lipinski definition) is 6. The van der Waals surface area contributed by atoms with Crippen molar-refractivity contribution in [3.05, 3.63) is 103 Å². The number of benzene rings is 3. The van der Waals surface area contributed by atoms with E-state index in [4.69, 9.17) is 14.2 Å². The highest BCUT2D eigenvalue weighted by atomic mass is 19.1. The lowest BCUT2D eigenvalue weighted by molar-refractivity contribution is 0.182. The third-order valence-corrected chi connectivity index (χ3v) is 5.68. The van der Waals surface area contributed by atoms with Crippen LogP contribution >= 0.6 is 0 Å². The monoisotopic (exact) mass is 481 g/mol. The molecule has 5 rings (SSSR count). The van der Waals surface area contributed by atoms with Crippen LogP contribution in [-0.2, 0) is 11.3 Å². The second kappa shape index (κ2) is 10.4. The van der Waals surface area contributed by atoms with E-state index in [9.17, 15) is 0 Å². The van der Waals surface area contributed by atoms with Crippen LogP contribution in [0.15, 0.2) is 91.3 Å².